The molecule has 0 bridgehead atoms. The Morgan fingerprint density at radius 2 is 2.20 bits per heavy atom. The molecule has 0 aliphatic rings. The van der Waals surface area contributed by atoms with Crippen molar-refractivity contribution in [3.05, 3.63) is 28.0 Å². The predicted molar refractivity (Wildman–Crippen MR) is 64.2 cm³/mol. The maximum Gasteiger partial charge on any atom is 0.307 e. The molecule has 0 amide bonds. The summed E-state index contributed by atoms with van der Waals surface area (Å²) < 4.78 is 0. The normalized spacial score (nSPS) is 11.7. The molecule has 2 nitrogen and oxygen atoms in total. The number of carboxylic acid groups (broad SMARTS) is 1. The molecule has 0 atom stereocenters. The Kier molecular flexibility index (Phi) is 4.56. The Bertz CT molecular complexity index is 363. The minimum absolute atomic E-state index is 0.114. The summed E-state index contributed by atoms with van der Waals surface area (Å²) in [6.07, 6.45) is 3.85. The Morgan fingerprint density at radius 3 is 2.67 bits per heavy atom. The van der Waals surface area contributed by atoms with Gasteiger partial charge in [0.1, 0.15) is 0 Å². The van der Waals surface area contributed by atoms with Crippen molar-refractivity contribution in [2.24, 2.45) is 0 Å². The van der Waals surface area contributed by atoms with Gasteiger partial charge in [-0.3, -0.25) is 4.79 Å². The lowest BCUT2D eigenvalue weighted by Crippen LogP contribution is -1.91. The van der Waals surface area contributed by atoms with Crippen LogP contribution in [0, 0.1) is 0 Å². The van der Waals surface area contributed by atoms with Crippen molar-refractivity contribution in [3.8, 4) is 0 Å². The average molecular weight is 224 g/mol. The molecule has 0 spiro atoms. The largest absolute Gasteiger partial charge is 0.481 e. The summed E-state index contributed by atoms with van der Waals surface area (Å²) in [6.45, 7) is 4.18. The van der Waals surface area contributed by atoms with E-state index in [4.69, 9.17) is 5.11 Å². The van der Waals surface area contributed by atoms with Crippen molar-refractivity contribution in [3.63, 3.8) is 0 Å². The molecule has 0 aliphatic carbocycles. The quantitative estimate of drug-likeness (QED) is 0.830. The molecule has 82 valence electrons. The fourth-order valence-electron chi connectivity index (χ4n) is 1.37. The van der Waals surface area contributed by atoms with Gasteiger partial charge in [-0.25, -0.2) is 0 Å². The molecule has 1 aromatic rings. The minimum atomic E-state index is -0.770. The third kappa shape index (κ3) is 3.51. The van der Waals surface area contributed by atoms with E-state index in [0.717, 1.165) is 18.4 Å². The highest BCUT2D eigenvalue weighted by molar-refractivity contribution is 7.13. The molecule has 1 rings (SSSR count). The summed E-state index contributed by atoms with van der Waals surface area (Å²) in [7, 11) is 0. The van der Waals surface area contributed by atoms with E-state index in [2.05, 4.69) is 26.0 Å². The van der Waals surface area contributed by atoms with Crippen LogP contribution in [0.1, 0.15) is 36.4 Å². The molecule has 0 fully saturated rings. The lowest BCUT2D eigenvalue weighted by atomic mass is 10.1. The SMILES string of the molecule is CC/C(=C\CC(=O)O)c1ccc(CC)s1. The van der Waals surface area contributed by atoms with Gasteiger partial charge in [0.05, 0.1) is 6.42 Å². The molecule has 0 radical (unpaired) electrons. The van der Waals surface area contributed by atoms with Gasteiger partial charge < -0.3 is 5.11 Å². The Hall–Kier alpha value is -1.09. The number of aryl methyl sites for hydroxylation is 1. The van der Waals surface area contributed by atoms with Crippen LogP contribution in [0.2, 0.25) is 0 Å². The molecule has 0 saturated heterocycles. The number of aliphatic carboxylic acids is 1. The summed E-state index contributed by atoms with van der Waals surface area (Å²) in [5, 5.41) is 8.61. The van der Waals surface area contributed by atoms with E-state index in [0.29, 0.717) is 0 Å². The fraction of sp³-hybridized carbons (Fsp3) is 0.417. The fourth-order valence-corrected chi connectivity index (χ4v) is 2.43. The van der Waals surface area contributed by atoms with Crippen molar-refractivity contribution in [2.45, 2.75) is 33.1 Å². The molecule has 3 heteroatoms. The Morgan fingerprint density at radius 1 is 1.47 bits per heavy atom. The highest BCUT2D eigenvalue weighted by Gasteiger charge is 2.04. The van der Waals surface area contributed by atoms with Crippen LogP contribution < -0.4 is 0 Å². The molecule has 1 N–H and O–H groups in total. The van der Waals surface area contributed by atoms with Crippen molar-refractivity contribution < 1.29 is 9.90 Å². The molecule has 15 heavy (non-hydrogen) atoms. The maximum absolute atomic E-state index is 10.5. The van der Waals surface area contributed by atoms with Crippen molar-refractivity contribution in [1.82, 2.24) is 0 Å². The first-order chi connectivity index (χ1) is 7.17. The van der Waals surface area contributed by atoms with Crippen LogP contribution in [-0.2, 0) is 11.2 Å². The number of thiophene rings is 1. The van der Waals surface area contributed by atoms with Crippen LogP contribution in [0.15, 0.2) is 18.2 Å². The van der Waals surface area contributed by atoms with Gasteiger partial charge in [0.25, 0.3) is 0 Å². The monoisotopic (exact) mass is 224 g/mol. The number of allylic oxidation sites excluding steroid dienone is 1. The van der Waals surface area contributed by atoms with E-state index in [-0.39, 0.29) is 6.42 Å². The number of carbonyl (C=O) groups is 1. The summed E-state index contributed by atoms with van der Waals surface area (Å²) in [5.74, 6) is -0.770. The highest BCUT2D eigenvalue weighted by atomic mass is 32.1. The smallest absolute Gasteiger partial charge is 0.307 e. The third-order valence-electron chi connectivity index (χ3n) is 2.23. The van der Waals surface area contributed by atoms with Gasteiger partial charge in [0.15, 0.2) is 0 Å². The first-order valence-electron chi connectivity index (χ1n) is 5.17. The van der Waals surface area contributed by atoms with Crippen molar-refractivity contribution >= 4 is 22.9 Å². The zero-order valence-corrected chi connectivity index (χ0v) is 9.93. The third-order valence-corrected chi connectivity index (χ3v) is 3.54. The van der Waals surface area contributed by atoms with Gasteiger partial charge >= 0.3 is 5.97 Å². The molecule has 0 aromatic carbocycles. The van der Waals surface area contributed by atoms with Gasteiger partial charge in [-0.05, 0) is 30.5 Å². The zero-order valence-electron chi connectivity index (χ0n) is 9.12. The van der Waals surface area contributed by atoms with E-state index in [1.807, 2.05) is 6.08 Å². The summed E-state index contributed by atoms with van der Waals surface area (Å²) in [5.41, 5.74) is 1.14. The molecule has 0 unspecified atom stereocenters. The van der Waals surface area contributed by atoms with E-state index < -0.39 is 5.97 Å². The van der Waals surface area contributed by atoms with Gasteiger partial charge in [0.2, 0.25) is 0 Å². The van der Waals surface area contributed by atoms with Gasteiger partial charge in [-0.2, -0.15) is 0 Å². The lowest BCUT2D eigenvalue weighted by Gasteiger charge is -1.99. The molecule has 1 aromatic heterocycles. The first kappa shape index (κ1) is 12.0. The topological polar surface area (TPSA) is 37.3 Å². The van der Waals surface area contributed by atoms with E-state index in [1.54, 1.807) is 11.3 Å². The first-order valence-corrected chi connectivity index (χ1v) is 5.98. The number of rotatable bonds is 5. The standard InChI is InChI=1S/C12H16O2S/c1-3-9(5-8-12(13)14)11-7-6-10(4-2)15-11/h5-7H,3-4,8H2,1-2H3,(H,13,14)/b9-5+. The molecule has 0 aliphatic heterocycles. The molecule has 1 heterocycles. The second-order valence-electron chi connectivity index (χ2n) is 3.30. The second kappa shape index (κ2) is 5.71. The van der Waals surface area contributed by atoms with E-state index in [1.165, 1.54) is 9.75 Å². The number of hydrogen-bond acceptors (Lipinski definition) is 2. The van der Waals surface area contributed by atoms with Crippen LogP contribution in [0.25, 0.3) is 5.57 Å². The molecule has 0 saturated carbocycles. The Labute approximate surface area is 94.3 Å². The maximum atomic E-state index is 10.5. The van der Waals surface area contributed by atoms with Gasteiger partial charge in [-0.1, -0.05) is 19.9 Å². The van der Waals surface area contributed by atoms with Crippen LogP contribution in [-0.4, -0.2) is 11.1 Å². The summed E-state index contributed by atoms with van der Waals surface area (Å²) in [6, 6.07) is 4.20. The van der Waals surface area contributed by atoms with Gasteiger partial charge in [0, 0.05) is 9.75 Å². The number of hydrogen-bond donors (Lipinski definition) is 1. The summed E-state index contributed by atoms with van der Waals surface area (Å²) >= 11 is 1.76. The minimum Gasteiger partial charge on any atom is -0.481 e. The van der Waals surface area contributed by atoms with E-state index in [9.17, 15) is 4.79 Å². The predicted octanol–water partition coefficient (Wildman–Crippen LogP) is 3.58. The van der Waals surface area contributed by atoms with Crippen LogP contribution in [0.5, 0.6) is 0 Å². The van der Waals surface area contributed by atoms with E-state index >= 15 is 0 Å². The van der Waals surface area contributed by atoms with Crippen molar-refractivity contribution in [1.29, 1.82) is 0 Å². The van der Waals surface area contributed by atoms with Gasteiger partial charge in [-0.15, -0.1) is 11.3 Å². The average Bonchev–Trinajstić information content (AvgIpc) is 2.67. The molecular formula is C12H16O2S. The Balaban J connectivity index is 2.82. The van der Waals surface area contributed by atoms with Crippen LogP contribution in [0.4, 0.5) is 0 Å². The molecular weight excluding hydrogens is 208 g/mol. The van der Waals surface area contributed by atoms with Crippen LogP contribution in [0.3, 0.4) is 0 Å². The second-order valence-corrected chi connectivity index (χ2v) is 4.47. The number of carboxylic acids is 1. The lowest BCUT2D eigenvalue weighted by molar-refractivity contribution is -0.135. The van der Waals surface area contributed by atoms with Crippen LogP contribution >= 0.6 is 11.3 Å². The summed E-state index contributed by atoms with van der Waals surface area (Å²) in [4.78, 5) is 13.0. The van der Waals surface area contributed by atoms with Crippen molar-refractivity contribution in [2.75, 3.05) is 0 Å². The highest BCUT2D eigenvalue weighted by Crippen LogP contribution is 2.27. The zero-order chi connectivity index (χ0) is 11.3.